The van der Waals surface area contributed by atoms with Gasteiger partial charge in [0.1, 0.15) is 15.5 Å². The van der Waals surface area contributed by atoms with Crippen LogP contribution in [0.5, 0.6) is 11.5 Å². The Bertz CT molecular complexity index is 803. The quantitative estimate of drug-likeness (QED) is 0.609. The van der Waals surface area contributed by atoms with E-state index in [1.165, 1.54) is 13.0 Å². The van der Waals surface area contributed by atoms with Crippen molar-refractivity contribution in [1.29, 1.82) is 0 Å². The minimum Gasteiger partial charge on any atom is -0.506 e. The average Bonchev–Trinajstić information content (AvgIpc) is 2.43. The maximum absolute atomic E-state index is 12.9. The van der Waals surface area contributed by atoms with Crippen molar-refractivity contribution in [2.45, 2.75) is 16.7 Å². The number of aryl methyl sites for hydroxylation is 1. The lowest BCUT2D eigenvalue weighted by molar-refractivity contribution is 0.450. The van der Waals surface area contributed by atoms with E-state index in [0.717, 1.165) is 6.07 Å². The van der Waals surface area contributed by atoms with Crippen molar-refractivity contribution >= 4 is 67.8 Å². The second kappa shape index (κ2) is 6.39. The Labute approximate surface area is 157 Å². The minimum absolute atomic E-state index is 0.0933. The summed E-state index contributed by atoms with van der Waals surface area (Å²) in [5.41, 5.74) is 0.168. The van der Waals surface area contributed by atoms with E-state index < -0.39 is 41.2 Å². The van der Waals surface area contributed by atoms with Gasteiger partial charge in [-0.3, -0.25) is 0 Å². The third-order valence-corrected chi connectivity index (χ3v) is 6.94. The lowest BCUT2D eigenvalue weighted by atomic mass is 10.2. The molecule has 2 aromatic carbocycles. The molecule has 2 rings (SSSR count). The molecule has 0 unspecified atom stereocenters. The van der Waals surface area contributed by atoms with Crippen molar-refractivity contribution in [3.8, 4) is 11.5 Å². The molecule has 23 heavy (non-hydrogen) atoms. The van der Waals surface area contributed by atoms with E-state index >= 15 is 0 Å². The third-order valence-electron chi connectivity index (χ3n) is 2.98. The first-order chi connectivity index (χ1) is 10.5. The number of hydrogen-bond donors (Lipinski definition) is 2. The van der Waals surface area contributed by atoms with Gasteiger partial charge < -0.3 is 10.2 Å². The Hall–Kier alpha value is -0.560. The van der Waals surface area contributed by atoms with Crippen molar-refractivity contribution in [3.05, 3.63) is 42.8 Å². The number of rotatable bonds is 2. The summed E-state index contributed by atoms with van der Waals surface area (Å²) < 4.78 is 25.7. The molecule has 0 aliphatic rings. The number of benzene rings is 2. The molecule has 0 saturated heterocycles. The molecule has 0 aliphatic heterocycles. The van der Waals surface area contributed by atoms with Crippen LogP contribution in [0.3, 0.4) is 0 Å². The molecular weight excluding hydrogens is 429 g/mol. The molecule has 0 amide bonds. The Kier molecular flexibility index (Phi) is 5.22. The van der Waals surface area contributed by atoms with Gasteiger partial charge in [0.05, 0.1) is 25.1 Å². The fourth-order valence-electron chi connectivity index (χ4n) is 1.87. The summed E-state index contributed by atoms with van der Waals surface area (Å²) in [6.45, 7) is 1.43. The van der Waals surface area contributed by atoms with Crippen LogP contribution in [0.1, 0.15) is 5.56 Å². The molecular formula is C13H7Cl5O4S. The zero-order chi connectivity index (χ0) is 17.7. The molecule has 0 heterocycles. The number of halogens is 5. The summed E-state index contributed by atoms with van der Waals surface area (Å²) in [6, 6.07) is 2.38. The molecule has 0 atom stereocenters. The van der Waals surface area contributed by atoms with Gasteiger partial charge in [-0.2, -0.15) is 0 Å². The molecule has 0 aliphatic carbocycles. The lowest BCUT2D eigenvalue weighted by Gasteiger charge is -2.15. The number of phenolic OH excluding ortho intramolecular Hbond substituents is 2. The van der Waals surface area contributed by atoms with Gasteiger partial charge in [-0.1, -0.05) is 58.0 Å². The maximum Gasteiger partial charge on any atom is 0.217 e. The highest BCUT2D eigenvalue weighted by Gasteiger charge is 2.34. The van der Waals surface area contributed by atoms with Gasteiger partial charge in [0.25, 0.3) is 0 Å². The second-order valence-corrected chi connectivity index (χ2v) is 8.30. The molecule has 2 aromatic rings. The molecule has 0 bridgehead atoms. The van der Waals surface area contributed by atoms with Crippen molar-refractivity contribution in [3.63, 3.8) is 0 Å². The van der Waals surface area contributed by atoms with Crippen LogP contribution in [-0.2, 0) is 9.84 Å². The SMILES string of the molecule is Cc1cc(Cl)c(Cl)c(S(=O)(=O)c2c(O)c(Cl)cc(Cl)c2Cl)c1O. The number of hydrogen-bond acceptors (Lipinski definition) is 4. The molecule has 0 fully saturated rings. The molecule has 0 saturated carbocycles. The first kappa shape index (κ1) is 18.8. The average molecular weight is 437 g/mol. The van der Waals surface area contributed by atoms with Crippen molar-refractivity contribution in [2.24, 2.45) is 0 Å². The number of aromatic hydroxyl groups is 2. The molecule has 124 valence electrons. The summed E-state index contributed by atoms with van der Waals surface area (Å²) in [7, 11) is -4.57. The fourth-order valence-corrected chi connectivity index (χ4v) is 5.33. The monoisotopic (exact) mass is 434 g/mol. The third kappa shape index (κ3) is 3.06. The maximum atomic E-state index is 12.9. The zero-order valence-electron chi connectivity index (χ0n) is 11.2. The summed E-state index contributed by atoms with van der Waals surface area (Å²) in [5, 5.41) is 18.6. The van der Waals surface area contributed by atoms with Crippen LogP contribution in [0.25, 0.3) is 0 Å². The topological polar surface area (TPSA) is 74.6 Å². The van der Waals surface area contributed by atoms with Gasteiger partial charge in [-0.15, -0.1) is 0 Å². The van der Waals surface area contributed by atoms with Gasteiger partial charge in [-0.25, -0.2) is 8.42 Å². The summed E-state index contributed by atoms with van der Waals surface area (Å²) in [5.74, 6) is -1.43. The van der Waals surface area contributed by atoms with Gasteiger partial charge in [0.15, 0.2) is 5.75 Å². The smallest absolute Gasteiger partial charge is 0.217 e. The van der Waals surface area contributed by atoms with E-state index in [0.29, 0.717) is 0 Å². The normalized spacial score (nSPS) is 11.7. The number of sulfone groups is 1. The highest BCUT2D eigenvalue weighted by molar-refractivity contribution is 7.92. The van der Waals surface area contributed by atoms with Crippen LogP contribution < -0.4 is 0 Å². The summed E-state index contributed by atoms with van der Waals surface area (Å²) in [4.78, 5) is -1.46. The summed E-state index contributed by atoms with van der Waals surface area (Å²) >= 11 is 29.3. The van der Waals surface area contributed by atoms with E-state index in [-0.39, 0.29) is 20.6 Å². The predicted octanol–water partition coefficient (Wildman–Crippen LogP) is 5.51. The van der Waals surface area contributed by atoms with E-state index in [2.05, 4.69) is 0 Å². The fraction of sp³-hybridized carbons (Fsp3) is 0.0769. The number of phenols is 2. The van der Waals surface area contributed by atoms with Crippen LogP contribution in [0.4, 0.5) is 0 Å². The largest absolute Gasteiger partial charge is 0.506 e. The minimum atomic E-state index is -4.57. The van der Waals surface area contributed by atoms with E-state index in [9.17, 15) is 18.6 Å². The van der Waals surface area contributed by atoms with Crippen LogP contribution >= 0.6 is 58.0 Å². The zero-order valence-corrected chi connectivity index (χ0v) is 15.8. The van der Waals surface area contributed by atoms with Gasteiger partial charge in [0, 0.05) is 0 Å². The van der Waals surface area contributed by atoms with E-state index in [1.807, 2.05) is 0 Å². The van der Waals surface area contributed by atoms with Gasteiger partial charge >= 0.3 is 0 Å². The van der Waals surface area contributed by atoms with Gasteiger partial charge in [-0.05, 0) is 24.6 Å². The first-order valence-corrected chi connectivity index (χ1v) is 9.16. The Balaban J connectivity index is 2.97. The molecule has 0 radical (unpaired) electrons. The highest BCUT2D eigenvalue weighted by atomic mass is 35.5. The van der Waals surface area contributed by atoms with Crippen LogP contribution in [0.2, 0.25) is 25.1 Å². The lowest BCUT2D eigenvalue weighted by Crippen LogP contribution is -2.06. The molecule has 0 spiro atoms. The van der Waals surface area contributed by atoms with Crippen molar-refractivity contribution in [2.75, 3.05) is 0 Å². The Morgan fingerprint density at radius 2 is 1.22 bits per heavy atom. The van der Waals surface area contributed by atoms with E-state index in [1.54, 1.807) is 0 Å². The molecule has 0 aromatic heterocycles. The van der Waals surface area contributed by atoms with Crippen LogP contribution in [-0.4, -0.2) is 18.6 Å². The predicted molar refractivity (Wildman–Crippen MR) is 91.5 cm³/mol. The van der Waals surface area contributed by atoms with Crippen molar-refractivity contribution in [1.82, 2.24) is 0 Å². The second-order valence-electron chi connectivity index (χ2n) is 4.50. The highest BCUT2D eigenvalue weighted by Crippen LogP contribution is 2.48. The molecule has 4 nitrogen and oxygen atoms in total. The molecule has 2 N–H and O–H groups in total. The Morgan fingerprint density at radius 3 is 1.74 bits per heavy atom. The van der Waals surface area contributed by atoms with E-state index in [4.69, 9.17) is 58.0 Å². The van der Waals surface area contributed by atoms with Crippen molar-refractivity contribution < 1.29 is 18.6 Å². The Morgan fingerprint density at radius 1 is 0.783 bits per heavy atom. The summed E-state index contributed by atoms with van der Waals surface area (Å²) in [6.07, 6.45) is 0. The van der Waals surface area contributed by atoms with Crippen LogP contribution in [0.15, 0.2) is 21.9 Å². The van der Waals surface area contributed by atoms with Crippen LogP contribution in [0, 0.1) is 6.92 Å². The molecule has 10 heteroatoms. The standard InChI is InChI=1S/C13H7Cl5O4S/c1-4-2-5(14)8(17)12(10(4)19)23(21,22)13-9(18)6(15)3-7(16)11(13)20/h2-3,19-20H,1H3. The van der Waals surface area contributed by atoms with Gasteiger partial charge in [0.2, 0.25) is 9.84 Å². The first-order valence-electron chi connectivity index (χ1n) is 5.79.